The summed E-state index contributed by atoms with van der Waals surface area (Å²) in [5.74, 6) is -1.92. The molecule has 5 rings (SSSR count). The second kappa shape index (κ2) is 9.62. The lowest BCUT2D eigenvalue weighted by Gasteiger charge is -2.51. The summed E-state index contributed by atoms with van der Waals surface area (Å²) in [6.07, 6.45) is 5.26. The summed E-state index contributed by atoms with van der Waals surface area (Å²) in [5.41, 5.74) is 9.26. The first kappa shape index (κ1) is 26.0. The maximum absolute atomic E-state index is 14.0. The molecule has 12 heteroatoms. The first-order valence-electron chi connectivity index (χ1n) is 12.0. The normalized spacial score (nSPS) is 16.4. The van der Waals surface area contributed by atoms with E-state index in [0.717, 1.165) is 29.6 Å². The number of benzene rings is 1. The van der Waals surface area contributed by atoms with Gasteiger partial charge in [-0.05, 0) is 31.4 Å². The first-order chi connectivity index (χ1) is 18.1. The van der Waals surface area contributed by atoms with Gasteiger partial charge >= 0.3 is 0 Å². The van der Waals surface area contributed by atoms with Gasteiger partial charge in [0, 0.05) is 39.9 Å². The molecule has 0 aliphatic carbocycles. The van der Waals surface area contributed by atoms with Gasteiger partial charge in [0.1, 0.15) is 18.1 Å². The van der Waals surface area contributed by atoms with Crippen molar-refractivity contribution >= 4 is 30.7 Å². The van der Waals surface area contributed by atoms with Crippen LogP contribution in [0.25, 0.3) is 22.5 Å². The zero-order valence-corrected chi connectivity index (χ0v) is 22.4. The van der Waals surface area contributed by atoms with Crippen LogP contribution in [-0.2, 0) is 11.3 Å². The van der Waals surface area contributed by atoms with Crippen LogP contribution in [-0.4, -0.2) is 70.3 Å². The van der Waals surface area contributed by atoms with Crippen molar-refractivity contribution < 1.29 is 29.2 Å². The van der Waals surface area contributed by atoms with Crippen LogP contribution in [0.2, 0.25) is 0 Å². The number of carbonyl (C=O) groups excluding carboxylic acids is 1. The second-order valence-corrected chi connectivity index (χ2v) is 10.4. The zero-order valence-electron chi connectivity index (χ0n) is 21.6. The molecule has 2 aromatic heterocycles. The third-order valence-corrected chi connectivity index (χ3v) is 7.37. The molecule has 1 saturated heterocycles. The molecule has 0 atom stereocenters. The standard InChI is InChI=1S/C26H29BN4O6S/c1-4-5-15(10-28)17-8-18-21(9-20(17)35-3)37-11-19-22(29-30(23(18)19)16-6-7-38-12-16)24(32)31(26(27,33)34)25(2)13-36-14-25/h4-10,12,33-34H,11,13-14,27-28H2,1-3H3/b5-4-,15-10+. The fraction of sp³-hybridized carbons (Fsp3) is 0.308. The van der Waals surface area contributed by atoms with Gasteiger partial charge in [0.05, 0.1) is 37.2 Å². The summed E-state index contributed by atoms with van der Waals surface area (Å²) in [6.45, 7) is 4.04. The van der Waals surface area contributed by atoms with E-state index in [1.54, 1.807) is 24.8 Å². The Balaban J connectivity index is 1.74. The van der Waals surface area contributed by atoms with Crippen molar-refractivity contribution in [2.45, 2.75) is 31.8 Å². The highest BCUT2D eigenvalue weighted by Gasteiger charge is 2.51. The van der Waals surface area contributed by atoms with Gasteiger partial charge in [0.25, 0.3) is 5.91 Å². The van der Waals surface area contributed by atoms with E-state index in [1.807, 2.05) is 42.0 Å². The minimum absolute atomic E-state index is 0.0547. The molecule has 3 aromatic rings. The Morgan fingerprint density at radius 1 is 1.39 bits per heavy atom. The topological polar surface area (TPSA) is 132 Å². The Morgan fingerprint density at radius 3 is 2.71 bits per heavy atom. The van der Waals surface area contributed by atoms with Gasteiger partial charge in [0.15, 0.2) is 11.5 Å². The van der Waals surface area contributed by atoms with Gasteiger partial charge in [-0.3, -0.25) is 9.69 Å². The Hall–Kier alpha value is -3.58. The van der Waals surface area contributed by atoms with E-state index in [4.69, 9.17) is 25.0 Å². The van der Waals surface area contributed by atoms with Crippen molar-refractivity contribution in [1.29, 1.82) is 0 Å². The molecule has 1 aromatic carbocycles. The SMILES string of the molecule is BC(O)(O)N(C(=O)c1nn(-c2ccsc2)c2c1COc1cc(OC)c(C(/C=C\C)=C/N)cc1-2)C1(C)COC1. The van der Waals surface area contributed by atoms with Crippen LogP contribution in [0, 0.1) is 0 Å². The van der Waals surface area contributed by atoms with Crippen LogP contribution in [0.1, 0.15) is 35.5 Å². The van der Waals surface area contributed by atoms with E-state index in [-0.39, 0.29) is 25.5 Å². The van der Waals surface area contributed by atoms with Crippen molar-refractivity contribution in [3.63, 3.8) is 0 Å². The number of carbonyl (C=O) groups is 1. The van der Waals surface area contributed by atoms with Crippen LogP contribution < -0.4 is 15.2 Å². The Labute approximate surface area is 224 Å². The van der Waals surface area contributed by atoms with Crippen LogP contribution in [0.4, 0.5) is 0 Å². The van der Waals surface area contributed by atoms with E-state index in [2.05, 4.69) is 0 Å². The number of hydrogen-bond donors (Lipinski definition) is 3. The highest BCUT2D eigenvalue weighted by molar-refractivity contribution is 7.08. The molecular formula is C26H29BN4O6S. The second-order valence-electron chi connectivity index (χ2n) is 9.63. The lowest BCUT2D eigenvalue weighted by Crippen LogP contribution is -2.70. The molecule has 4 heterocycles. The summed E-state index contributed by atoms with van der Waals surface area (Å²) >= 11 is 1.50. The summed E-state index contributed by atoms with van der Waals surface area (Å²) in [7, 11) is 2.73. The van der Waals surface area contributed by atoms with Gasteiger partial charge in [-0.1, -0.05) is 12.2 Å². The number of nitrogens with zero attached hydrogens (tertiary/aromatic N) is 3. The van der Waals surface area contributed by atoms with Crippen molar-refractivity contribution in [1.82, 2.24) is 14.7 Å². The third kappa shape index (κ3) is 4.19. The number of methoxy groups -OCH3 is 1. The number of nitrogens with two attached hydrogens (primary N) is 1. The number of fused-ring (bicyclic) bond motifs is 3. The molecule has 0 saturated carbocycles. The van der Waals surface area contributed by atoms with Crippen molar-refractivity contribution in [3.8, 4) is 28.4 Å². The molecule has 2 aliphatic rings. The molecule has 10 nitrogen and oxygen atoms in total. The molecule has 0 spiro atoms. The molecule has 0 radical (unpaired) electrons. The van der Waals surface area contributed by atoms with E-state index >= 15 is 0 Å². The smallest absolute Gasteiger partial charge is 0.278 e. The monoisotopic (exact) mass is 536 g/mol. The van der Waals surface area contributed by atoms with Crippen molar-refractivity contribution in [2.75, 3.05) is 20.3 Å². The molecule has 1 fully saturated rings. The Bertz CT molecular complexity index is 1440. The lowest BCUT2D eigenvalue weighted by atomic mass is 9.89. The van der Waals surface area contributed by atoms with Gasteiger partial charge in [-0.25, -0.2) is 4.68 Å². The van der Waals surface area contributed by atoms with E-state index in [9.17, 15) is 15.0 Å². The maximum atomic E-state index is 14.0. The summed E-state index contributed by atoms with van der Waals surface area (Å²) in [6, 6.07) is 5.60. The van der Waals surface area contributed by atoms with Crippen molar-refractivity contribution in [2.24, 2.45) is 5.73 Å². The zero-order chi connectivity index (χ0) is 27.2. The van der Waals surface area contributed by atoms with E-state index < -0.39 is 17.3 Å². The summed E-state index contributed by atoms with van der Waals surface area (Å²) in [5, 5.41) is 29.8. The fourth-order valence-electron chi connectivity index (χ4n) is 5.01. The van der Waals surface area contributed by atoms with E-state index in [0.29, 0.717) is 28.3 Å². The van der Waals surface area contributed by atoms with Crippen LogP contribution in [0.3, 0.4) is 0 Å². The lowest BCUT2D eigenvalue weighted by molar-refractivity contribution is -0.247. The number of hydrogen-bond acceptors (Lipinski definition) is 9. The number of rotatable bonds is 7. The largest absolute Gasteiger partial charge is 0.496 e. The van der Waals surface area contributed by atoms with Gasteiger partial charge in [-0.2, -0.15) is 16.4 Å². The van der Waals surface area contributed by atoms with Crippen molar-refractivity contribution in [3.05, 3.63) is 64.1 Å². The fourth-order valence-corrected chi connectivity index (χ4v) is 5.62. The number of aliphatic hydroxyl groups is 2. The predicted molar refractivity (Wildman–Crippen MR) is 146 cm³/mol. The molecule has 1 amide bonds. The number of allylic oxidation sites excluding steroid dienone is 3. The summed E-state index contributed by atoms with van der Waals surface area (Å²) < 4.78 is 18.8. The predicted octanol–water partition coefficient (Wildman–Crippen LogP) is 1.84. The highest BCUT2D eigenvalue weighted by Crippen LogP contribution is 2.45. The van der Waals surface area contributed by atoms with Gasteiger partial charge in [0.2, 0.25) is 7.85 Å². The third-order valence-electron chi connectivity index (χ3n) is 6.69. The van der Waals surface area contributed by atoms with Gasteiger partial charge < -0.3 is 30.2 Å². The maximum Gasteiger partial charge on any atom is 0.278 e. The average molecular weight is 536 g/mol. The molecule has 0 unspecified atom stereocenters. The number of thiophene rings is 1. The van der Waals surface area contributed by atoms with Crippen LogP contribution >= 0.6 is 11.3 Å². The molecule has 2 aliphatic heterocycles. The van der Waals surface area contributed by atoms with Crippen LogP contribution in [0.5, 0.6) is 11.5 Å². The Kier molecular flexibility index (Phi) is 6.60. The highest BCUT2D eigenvalue weighted by atomic mass is 32.1. The number of aromatic nitrogens is 2. The molecule has 4 N–H and O–H groups in total. The molecular weight excluding hydrogens is 507 g/mol. The molecule has 38 heavy (non-hydrogen) atoms. The average Bonchev–Trinajstić information content (AvgIpc) is 3.52. The van der Waals surface area contributed by atoms with Crippen LogP contribution in [0.15, 0.2) is 47.3 Å². The number of amides is 1. The number of ether oxygens (including phenoxy) is 3. The molecule has 198 valence electrons. The molecule has 0 bridgehead atoms. The Morgan fingerprint density at radius 2 is 2.16 bits per heavy atom. The quantitative estimate of drug-likeness (QED) is 0.237. The summed E-state index contributed by atoms with van der Waals surface area (Å²) in [4.78, 5) is 15.0. The van der Waals surface area contributed by atoms with E-state index in [1.165, 1.54) is 17.5 Å². The minimum atomic E-state index is -2.43. The first-order valence-corrected chi connectivity index (χ1v) is 13.0. The minimum Gasteiger partial charge on any atom is -0.496 e. The van der Waals surface area contributed by atoms with Gasteiger partial charge in [-0.15, -0.1) is 0 Å².